The van der Waals surface area contributed by atoms with Crippen molar-refractivity contribution in [2.45, 2.75) is 0 Å². The molecule has 0 aromatic heterocycles. The van der Waals surface area contributed by atoms with E-state index in [4.69, 9.17) is 36.7 Å². The Labute approximate surface area is 198 Å². The molecular formula is C26H23Cl2O3P. The molecule has 0 saturated heterocycles. The van der Waals surface area contributed by atoms with E-state index in [1.54, 1.807) is 21.3 Å². The summed E-state index contributed by atoms with van der Waals surface area (Å²) in [6, 6.07) is 23.6. The average molecular weight is 485 g/mol. The molecular weight excluding hydrogens is 462 g/mol. The highest BCUT2D eigenvalue weighted by Gasteiger charge is 2.28. The first-order chi connectivity index (χ1) is 15.5. The van der Waals surface area contributed by atoms with Crippen LogP contribution >= 0.6 is 28.1 Å². The molecule has 0 N–H and O–H groups in total. The van der Waals surface area contributed by atoms with Gasteiger partial charge in [0.25, 0.3) is 0 Å². The van der Waals surface area contributed by atoms with Crippen LogP contribution in [0.3, 0.4) is 0 Å². The molecule has 164 valence electrons. The molecule has 6 heteroatoms. The average Bonchev–Trinajstić information content (AvgIpc) is 2.84. The molecule has 4 rings (SSSR count). The Balaban J connectivity index is 1.91. The Morgan fingerprint density at radius 1 is 0.531 bits per heavy atom. The largest absolute Gasteiger partial charge is 0.497 e. The van der Waals surface area contributed by atoms with Crippen molar-refractivity contribution in [2.75, 3.05) is 21.3 Å². The number of rotatable bonds is 6. The Bertz CT molecular complexity index is 1220. The van der Waals surface area contributed by atoms with Crippen molar-refractivity contribution in [3.05, 3.63) is 102 Å². The van der Waals surface area contributed by atoms with E-state index in [2.05, 4.69) is 12.2 Å². The van der Waals surface area contributed by atoms with Gasteiger partial charge in [-0.05, 0) is 70.8 Å². The van der Waals surface area contributed by atoms with Crippen LogP contribution in [-0.2, 0) is 0 Å². The lowest BCUT2D eigenvalue weighted by Gasteiger charge is -2.25. The van der Waals surface area contributed by atoms with E-state index in [1.165, 1.54) is 0 Å². The summed E-state index contributed by atoms with van der Waals surface area (Å²) in [5.74, 6) is 2.37. The van der Waals surface area contributed by atoms with Crippen molar-refractivity contribution in [1.29, 1.82) is 0 Å². The van der Waals surface area contributed by atoms with Crippen LogP contribution in [0.5, 0.6) is 17.2 Å². The van der Waals surface area contributed by atoms with E-state index in [0.29, 0.717) is 0 Å². The van der Waals surface area contributed by atoms with Gasteiger partial charge in [-0.15, -0.1) is 0 Å². The van der Waals surface area contributed by atoms with Crippen molar-refractivity contribution in [2.24, 2.45) is 0 Å². The molecule has 3 aromatic rings. The highest BCUT2D eigenvalue weighted by Crippen LogP contribution is 2.72. The number of benzene rings is 3. The number of methoxy groups -OCH3 is 3. The molecule has 0 radical (unpaired) electrons. The van der Waals surface area contributed by atoms with Crippen molar-refractivity contribution in [3.8, 4) is 17.2 Å². The second kappa shape index (κ2) is 9.50. The van der Waals surface area contributed by atoms with Crippen LogP contribution in [-0.4, -0.2) is 26.6 Å². The van der Waals surface area contributed by atoms with Gasteiger partial charge in [0.2, 0.25) is 0 Å². The third-order valence-corrected chi connectivity index (χ3v) is 9.55. The van der Waals surface area contributed by atoms with Gasteiger partial charge in [-0.2, -0.15) is 0 Å². The quantitative estimate of drug-likeness (QED) is 0.335. The van der Waals surface area contributed by atoms with Gasteiger partial charge in [0.05, 0.1) is 26.9 Å². The normalized spacial score (nSPS) is 15.0. The molecule has 1 aliphatic rings. The molecule has 3 nitrogen and oxygen atoms in total. The van der Waals surface area contributed by atoms with Gasteiger partial charge in [-0.1, -0.05) is 58.9 Å². The number of hydrogen-bond donors (Lipinski definition) is 0. The molecule has 0 aliphatic carbocycles. The molecule has 0 bridgehead atoms. The number of halogens is 2. The number of allylic oxidation sites excluding steroid dienone is 3. The van der Waals surface area contributed by atoms with Crippen molar-refractivity contribution in [1.82, 2.24) is 0 Å². The van der Waals surface area contributed by atoms with E-state index in [1.807, 2.05) is 72.8 Å². The number of ether oxygens (including phenoxy) is 3. The zero-order valence-corrected chi connectivity index (χ0v) is 20.4. The fraction of sp³-hybridized carbons (Fsp3) is 0.115. The maximum atomic E-state index is 7.17. The molecule has 0 unspecified atom stereocenters. The minimum absolute atomic E-state index is 0.781. The summed E-state index contributed by atoms with van der Waals surface area (Å²) < 4.78 is 15.9. The zero-order chi connectivity index (χ0) is 22.7. The molecule has 32 heavy (non-hydrogen) atoms. The highest BCUT2D eigenvalue weighted by molar-refractivity contribution is 8.23. The minimum Gasteiger partial charge on any atom is -0.497 e. The van der Waals surface area contributed by atoms with Gasteiger partial charge in [-0.25, -0.2) is 0 Å². The van der Waals surface area contributed by atoms with Crippen LogP contribution in [0.15, 0.2) is 84.9 Å². The van der Waals surface area contributed by atoms with Gasteiger partial charge >= 0.3 is 0 Å². The van der Waals surface area contributed by atoms with Gasteiger partial charge in [0.1, 0.15) is 17.2 Å². The lowest BCUT2D eigenvalue weighted by atomic mass is 10.00. The van der Waals surface area contributed by atoms with Gasteiger partial charge in [0, 0.05) is 10.6 Å². The maximum absolute atomic E-state index is 7.17. The fourth-order valence-electron chi connectivity index (χ4n) is 3.59. The molecule has 0 saturated carbocycles. The Hall–Kier alpha value is -2.58. The van der Waals surface area contributed by atoms with Gasteiger partial charge in [0.15, 0.2) is 0 Å². The SMILES string of the molecule is COc1ccc(C2=CC(c3ccc(OC)cc3)=P(Cl)(Cl)C(c3ccc(OC)cc3)=C2)cc1. The smallest absolute Gasteiger partial charge is 0.118 e. The lowest BCUT2D eigenvalue weighted by Crippen LogP contribution is -2.04. The van der Waals surface area contributed by atoms with E-state index in [9.17, 15) is 0 Å². The topological polar surface area (TPSA) is 27.7 Å². The van der Waals surface area contributed by atoms with Crippen LogP contribution in [0.1, 0.15) is 16.7 Å². The summed E-state index contributed by atoms with van der Waals surface area (Å²) in [6.45, 7) is 0. The first-order valence-electron chi connectivity index (χ1n) is 9.99. The third kappa shape index (κ3) is 4.47. The van der Waals surface area contributed by atoms with Crippen LogP contribution in [0, 0.1) is 0 Å². The monoisotopic (exact) mass is 484 g/mol. The first-order valence-corrected chi connectivity index (χ1v) is 13.6. The molecule has 1 heterocycles. The van der Waals surface area contributed by atoms with Gasteiger partial charge < -0.3 is 14.2 Å². The Morgan fingerprint density at radius 2 is 0.938 bits per heavy atom. The molecule has 0 atom stereocenters. The molecule has 0 spiro atoms. The summed E-state index contributed by atoms with van der Waals surface area (Å²) in [6.07, 6.45) is 4.18. The highest BCUT2D eigenvalue weighted by atomic mass is 35.9. The maximum Gasteiger partial charge on any atom is 0.118 e. The van der Waals surface area contributed by atoms with E-state index >= 15 is 0 Å². The zero-order valence-electron chi connectivity index (χ0n) is 18.0. The summed E-state index contributed by atoms with van der Waals surface area (Å²) >= 11 is 14.3. The standard InChI is InChI=1S/C26H23Cl2O3P/c1-29-22-10-4-18(5-11-22)21-16-25(19-6-12-23(30-2)13-7-19)32(27,28)26(17-21)20-8-14-24(31-3)15-9-20/h4-17H,1-3H3. The summed E-state index contributed by atoms with van der Waals surface area (Å²) in [4.78, 5) is 0. The predicted octanol–water partition coefficient (Wildman–Crippen LogP) is 7.70. The van der Waals surface area contributed by atoms with Crippen molar-refractivity contribution >= 4 is 44.3 Å². The summed E-state index contributed by atoms with van der Waals surface area (Å²) in [7, 11) is 4.96. The fourth-order valence-corrected chi connectivity index (χ4v) is 7.16. The minimum atomic E-state index is -2.68. The molecule has 0 fully saturated rings. The van der Waals surface area contributed by atoms with Crippen LogP contribution in [0.2, 0.25) is 0 Å². The van der Waals surface area contributed by atoms with E-state index < -0.39 is 5.59 Å². The summed E-state index contributed by atoms with van der Waals surface area (Å²) in [5, 5.41) is 1.81. The predicted molar refractivity (Wildman–Crippen MR) is 138 cm³/mol. The third-order valence-electron chi connectivity index (χ3n) is 5.38. The van der Waals surface area contributed by atoms with E-state index in [-0.39, 0.29) is 0 Å². The van der Waals surface area contributed by atoms with Crippen molar-refractivity contribution in [3.63, 3.8) is 0 Å². The van der Waals surface area contributed by atoms with Crippen LogP contribution < -0.4 is 14.2 Å². The first kappa shape index (κ1) is 22.6. The van der Waals surface area contributed by atoms with Crippen LogP contribution in [0.4, 0.5) is 0 Å². The number of hydrogen-bond acceptors (Lipinski definition) is 3. The Morgan fingerprint density at radius 3 is 1.38 bits per heavy atom. The lowest BCUT2D eigenvalue weighted by molar-refractivity contribution is 0.414. The second-order valence-electron chi connectivity index (χ2n) is 7.21. The molecule has 3 aromatic carbocycles. The summed E-state index contributed by atoms with van der Waals surface area (Å²) in [5.41, 5.74) is 1.33. The second-order valence-corrected chi connectivity index (χ2v) is 12.8. The van der Waals surface area contributed by atoms with Gasteiger partial charge in [-0.3, -0.25) is 0 Å². The van der Waals surface area contributed by atoms with Crippen LogP contribution in [0.25, 0.3) is 10.9 Å². The Kier molecular flexibility index (Phi) is 6.71. The van der Waals surface area contributed by atoms with Crippen molar-refractivity contribution < 1.29 is 14.2 Å². The van der Waals surface area contributed by atoms with E-state index in [0.717, 1.165) is 50.1 Å². The molecule has 1 aliphatic heterocycles. The molecule has 0 amide bonds.